The molecule has 0 bridgehead atoms. The van der Waals surface area contributed by atoms with Crippen LogP contribution in [0.25, 0.3) is 27.8 Å². The Kier molecular flexibility index (Phi) is 8.63. The third-order valence-electron chi connectivity index (χ3n) is 8.06. The van der Waals surface area contributed by atoms with Gasteiger partial charge in [0.05, 0.1) is 35.9 Å². The monoisotopic (exact) mass is 631 g/mol. The number of aromatic nitrogens is 5. The molecule has 1 aromatic carbocycles. The Morgan fingerprint density at radius 1 is 0.957 bits per heavy atom. The van der Waals surface area contributed by atoms with Crippen LogP contribution in [-0.4, -0.2) is 73.1 Å². The number of benzene rings is 1. The summed E-state index contributed by atoms with van der Waals surface area (Å²) >= 11 is 0. The number of nitrogens with one attached hydrogen (secondary N) is 1. The molecule has 1 aliphatic rings. The number of amides is 2. The van der Waals surface area contributed by atoms with Gasteiger partial charge in [-0.05, 0) is 44.5 Å². The van der Waals surface area contributed by atoms with Gasteiger partial charge < -0.3 is 19.9 Å². The van der Waals surface area contributed by atoms with Gasteiger partial charge in [0.2, 0.25) is 5.91 Å². The van der Waals surface area contributed by atoms with Crippen LogP contribution in [-0.2, 0) is 16.6 Å². The van der Waals surface area contributed by atoms with Gasteiger partial charge in [-0.1, -0.05) is 30.3 Å². The molecule has 12 nitrogen and oxygen atoms in total. The predicted octanol–water partition coefficient (Wildman–Crippen LogP) is 4.97. The number of nitrogens with zero attached hydrogens (tertiary/aromatic N) is 8. The molecular weight excluding hydrogens is 594 g/mol. The molecule has 1 N–H and O–H groups in total. The van der Waals surface area contributed by atoms with Crippen LogP contribution in [0.3, 0.4) is 0 Å². The van der Waals surface area contributed by atoms with Crippen molar-refractivity contribution in [3.8, 4) is 28.3 Å². The lowest BCUT2D eigenvalue weighted by Crippen LogP contribution is -2.49. The molecule has 1 atom stereocenters. The summed E-state index contributed by atoms with van der Waals surface area (Å²) in [5, 5.41) is 21.4. The molecule has 6 rings (SSSR count). The molecule has 5 aromatic rings. The van der Waals surface area contributed by atoms with Crippen molar-refractivity contribution in [2.75, 3.05) is 31.1 Å². The molecule has 1 aliphatic heterocycles. The summed E-state index contributed by atoms with van der Waals surface area (Å²) < 4.78 is 8.93. The maximum absolute atomic E-state index is 13.4. The van der Waals surface area contributed by atoms with Gasteiger partial charge in [0.15, 0.2) is 0 Å². The fourth-order valence-corrected chi connectivity index (χ4v) is 5.76. The highest BCUT2D eigenvalue weighted by molar-refractivity contribution is 5.87. The normalized spacial score (nSPS) is 14.1. The van der Waals surface area contributed by atoms with Crippen molar-refractivity contribution in [2.24, 2.45) is 7.05 Å². The van der Waals surface area contributed by atoms with Crippen LogP contribution in [0.1, 0.15) is 44.4 Å². The number of carbonyl (C=O) groups excluding carboxylic acids is 2. The van der Waals surface area contributed by atoms with E-state index in [1.165, 1.54) is 0 Å². The Balaban J connectivity index is 1.14. The average Bonchev–Trinajstić information content (AvgIpc) is 3.69. The van der Waals surface area contributed by atoms with E-state index in [0.29, 0.717) is 31.7 Å². The molecule has 2 amide bonds. The summed E-state index contributed by atoms with van der Waals surface area (Å²) in [7, 11) is 1.87. The van der Waals surface area contributed by atoms with Crippen LogP contribution in [0.2, 0.25) is 0 Å². The van der Waals surface area contributed by atoms with Crippen molar-refractivity contribution in [1.29, 1.82) is 5.26 Å². The van der Waals surface area contributed by atoms with Crippen molar-refractivity contribution in [1.82, 2.24) is 34.6 Å². The van der Waals surface area contributed by atoms with Crippen LogP contribution in [0.15, 0.2) is 79.5 Å². The minimum absolute atomic E-state index is 0.0375. The zero-order chi connectivity index (χ0) is 33.1. The van der Waals surface area contributed by atoms with Crippen molar-refractivity contribution in [3.05, 3.63) is 90.6 Å². The summed E-state index contributed by atoms with van der Waals surface area (Å²) in [5.41, 5.74) is 4.98. The Labute approximate surface area is 273 Å². The van der Waals surface area contributed by atoms with Gasteiger partial charge in [-0.2, -0.15) is 15.5 Å². The van der Waals surface area contributed by atoms with Gasteiger partial charge in [0.1, 0.15) is 17.5 Å². The number of aryl methyl sites for hydroxylation is 1. The number of anilines is 1. The molecule has 4 aromatic heterocycles. The van der Waals surface area contributed by atoms with Crippen LogP contribution in [0, 0.1) is 11.3 Å². The SMILES string of the molecule is Cn1cc(-c2cc(-c3ccc(N4CCN(C(=O)C[C@H](NC(=O)OC(C)(C)C)c5ccccc5)CC4)nc3)c3c(C#N)cnn3c2)cn1. The largest absolute Gasteiger partial charge is 0.444 e. The highest BCUT2D eigenvalue weighted by Gasteiger charge is 2.27. The number of piperazine rings is 1. The first-order valence-electron chi connectivity index (χ1n) is 15.5. The molecule has 47 heavy (non-hydrogen) atoms. The molecule has 0 aliphatic carbocycles. The zero-order valence-electron chi connectivity index (χ0n) is 26.9. The number of pyridine rings is 2. The van der Waals surface area contributed by atoms with Crippen LogP contribution in [0.4, 0.5) is 10.6 Å². The fourth-order valence-electron chi connectivity index (χ4n) is 5.76. The minimum atomic E-state index is -0.646. The lowest BCUT2D eigenvalue weighted by molar-refractivity contribution is -0.132. The molecule has 0 saturated carbocycles. The summed E-state index contributed by atoms with van der Waals surface area (Å²) in [6, 6.07) is 17.2. The molecule has 0 spiro atoms. The van der Waals surface area contributed by atoms with E-state index in [0.717, 1.165) is 39.2 Å². The third-order valence-corrected chi connectivity index (χ3v) is 8.06. The average molecular weight is 632 g/mol. The Hall–Kier alpha value is -5.70. The lowest BCUT2D eigenvalue weighted by atomic mass is 10.0. The number of nitriles is 1. The number of carbonyl (C=O) groups is 2. The van der Waals surface area contributed by atoms with E-state index in [9.17, 15) is 14.9 Å². The Morgan fingerprint density at radius 2 is 1.72 bits per heavy atom. The lowest BCUT2D eigenvalue weighted by Gasteiger charge is -2.36. The molecule has 0 radical (unpaired) electrons. The van der Waals surface area contributed by atoms with Crippen LogP contribution in [0.5, 0.6) is 0 Å². The van der Waals surface area contributed by atoms with Crippen molar-refractivity contribution < 1.29 is 14.3 Å². The molecule has 5 heterocycles. The smallest absolute Gasteiger partial charge is 0.408 e. The van der Waals surface area contributed by atoms with Crippen molar-refractivity contribution in [2.45, 2.75) is 38.8 Å². The van der Waals surface area contributed by atoms with E-state index < -0.39 is 17.7 Å². The first-order valence-corrected chi connectivity index (χ1v) is 15.5. The van der Waals surface area contributed by atoms with E-state index in [1.54, 1.807) is 21.6 Å². The molecular formula is C35H37N9O3. The molecule has 240 valence electrons. The van der Waals surface area contributed by atoms with E-state index in [-0.39, 0.29) is 12.3 Å². The Bertz CT molecular complexity index is 1930. The topological polar surface area (TPSA) is 134 Å². The van der Waals surface area contributed by atoms with Gasteiger partial charge >= 0.3 is 6.09 Å². The minimum Gasteiger partial charge on any atom is -0.444 e. The third kappa shape index (κ3) is 7.09. The van der Waals surface area contributed by atoms with Gasteiger partial charge in [0.25, 0.3) is 0 Å². The highest BCUT2D eigenvalue weighted by atomic mass is 16.6. The number of alkyl carbamates (subject to hydrolysis) is 1. The number of ether oxygens (including phenoxy) is 1. The number of fused-ring (bicyclic) bond motifs is 1. The van der Waals surface area contributed by atoms with E-state index in [1.807, 2.05) is 99.8 Å². The van der Waals surface area contributed by atoms with E-state index in [4.69, 9.17) is 9.72 Å². The maximum Gasteiger partial charge on any atom is 0.408 e. The summed E-state index contributed by atoms with van der Waals surface area (Å²) in [4.78, 5) is 34.8. The second kappa shape index (κ2) is 13.0. The van der Waals surface area contributed by atoms with Crippen molar-refractivity contribution in [3.63, 3.8) is 0 Å². The van der Waals surface area contributed by atoms with Gasteiger partial charge in [-0.25, -0.2) is 14.3 Å². The summed E-state index contributed by atoms with van der Waals surface area (Å²) in [6.07, 6.45) is 8.59. The van der Waals surface area contributed by atoms with Gasteiger partial charge in [0, 0.05) is 74.1 Å². The first-order chi connectivity index (χ1) is 22.6. The summed E-state index contributed by atoms with van der Waals surface area (Å²) in [6.45, 7) is 7.73. The quantitative estimate of drug-likeness (QED) is 0.266. The highest BCUT2D eigenvalue weighted by Crippen LogP contribution is 2.32. The van der Waals surface area contributed by atoms with Crippen LogP contribution < -0.4 is 10.2 Å². The second-order valence-electron chi connectivity index (χ2n) is 12.6. The number of hydrogen-bond acceptors (Lipinski definition) is 8. The fraction of sp³-hybridized carbons (Fsp3) is 0.314. The second-order valence-corrected chi connectivity index (χ2v) is 12.6. The first kappa shape index (κ1) is 31.3. The number of hydrogen-bond donors (Lipinski definition) is 1. The van der Waals surface area contributed by atoms with Crippen LogP contribution >= 0.6 is 0 Å². The zero-order valence-corrected chi connectivity index (χ0v) is 26.9. The molecule has 12 heteroatoms. The number of rotatable bonds is 7. The van der Waals surface area contributed by atoms with E-state index >= 15 is 0 Å². The summed E-state index contributed by atoms with van der Waals surface area (Å²) in [5.74, 6) is 0.771. The van der Waals surface area contributed by atoms with Gasteiger partial charge in [-0.3, -0.25) is 9.48 Å². The Morgan fingerprint density at radius 3 is 2.36 bits per heavy atom. The predicted molar refractivity (Wildman–Crippen MR) is 177 cm³/mol. The van der Waals surface area contributed by atoms with E-state index in [2.05, 4.69) is 26.5 Å². The standard InChI is InChI=1S/C35H37N9O3/c1-35(2,3)47-34(46)40-30(24-8-6-5-7-9-24)17-32(45)43-14-12-42(13-15-43)31-11-10-25(19-37-31)29-16-26(28-21-38-41(4)22-28)23-44-33(29)27(18-36)20-39-44/h5-11,16,19-23,30H,12-15,17H2,1-4H3,(H,40,46)/t30-/m0/s1. The van der Waals surface area contributed by atoms with Crippen molar-refractivity contribution >= 4 is 23.3 Å². The van der Waals surface area contributed by atoms with Gasteiger partial charge in [-0.15, -0.1) is 0 Å². The molecule has 0 unspecified atom stereocenters. The molecule has 1 saturated heterocycles. The maximum atomic E-state index is 13.4. The molecule has 1 fully saturated rings.